The molecule has 0 unspecified atom stereocenters. The summed E-state index contributed by atoms with van der Waals surface area (Å²) in [6, 6.07) is 0. The van der Waals surface area contributed by atoms with E-state index in [-0.39, 0.29) is 0 Å². The molecule has 0 aliphatic heterocycles. The van der Waals surface area contributed by atoms with Crippen molar-refractivity contribution in [2.24, 2.45) is 0 Å². The van der Waals surface area contributed by atoms with Crippen molar-refractivity contribution in [1.29, 1.82) is 0 Å². The van der Waals surface area contributed by atoms with Gasteiger partial charge in [-0.05, 0) is 10.2 Å². The second-order valence-electron chi connectivity index (χ2n) is 0.459. The number of allylic oxidation sites excluding steroid dienone is 1. The van der Waals surface area contributed by atoms with Crippen LogP contribution < -0.4 is 0 Å². The van der Waals surface area contributed by atoms with Gasteiger partial charge < -0.3 is 0 Å². The van der Waals surface area contributed by atoms with Gasteiger partial charge >= 0.3 is 0 Å². The van der Waals surface area contributed by atoms with E-state index in [1.807, 2.05) is 0 Å². The number of terminal acetylenes is 1. The molecule has 0 radical (unpaired) electrons. The highest BCUT2D eigenvalue weighted by molar-refractivity contribution is 14.1. The van der Waals surface area contributed by atoms with Gasteiger partial charge in [0.15, 0.2) is 0 Å². The van der Waals surface area contributed by atoms with Crippen LogP contribution in [0.5, 0.6) is 0 Å². The molecule has 0 spiro atoms. The molecular formula is C4H3I. The molecule has 0 heterocycles. The molecule has 26 valence electrons. The third kappa shape index (κ3) is 4.03. The molecule has 0 atom stereocenters. The first-order chi connectivity index (χ1) is 2.41. The molecule has 0 amide bonds. The highest BCUT2D eigenvalue weighted by Gasteiger charge is 1.43. The maximum absolute atomic E-state index is 4.80. The molecule has 0 fully saturated rings. The smallest absolute Gasteiger partial charge is 0.00608 e. The van der Waals surface area contributed by atoms with Crippen LogP contribution in [0.2, 0.25) is 0 Å². The van der Waals surface area contributed by atoms with Crippen molar-refractivity contribution in [2.45, 2.75) is 0 Å². The third-order valence-corrected chi connectivity index (χ3v) is 0.519. The van der Waals surface area contributed by atoms with E-state index in [0.717, 1.165) is 0 Å². The van der Waals surface area contributed by atoms with Crippen molar-refractivity contribution in [3.05, 3.63) is 10.2 Å². The molecule has 0 aliphatic carbocycles. The van der Waals surface area contributed by atoms with E-state index >= 15 is 0 Å². The van der Waals surface area contributed by atoms with Gasteiger partial charge in [0.2, 0.25) is 0 Å². The molecule has 0 aromatic heterocycles. The summed E-state index contributed by atoms with van der Waals surface area (Å²) in [6.07, 6.45) is 6.44. The summed E-state index contributed by atoms with van der Waals surface area (Å²) in [4.78, 5) is 0. The van der Waals surface area contributed by atoms with E-state index in [1.54, 1.807) is 10.2 Å². The quantitative estimate of drug-likeness (QED) is 0.390. The molecule has 0 nitrogen and oxygen atoms in total. The van der Waals surface area contributed by atoms with E-state index in [4.69, 9.17) is 6.42 Å². The monoisotopic (exact) mass is 178 g/mol. The van der Waals surface area contributed by atoms with Gasteiger partial charge in [-0.3, -0.25) is 0 Å². The minimum Gasteiger partial charge on any atom is -0.115 e. The summed E-state index contributed by atoms with van der Waals surface area (Å²) in [5, 5.41) is 0. The zero-order valence-electron chi connectivity index (χ0n) is 2.61. The van der Waals surface area contributed by atoms with Gasteiger partial charge in [-0.1, -0.05) is 28.5 Å². The number of hydrogen-bond donors (Lipinski definition) is 0. The molecule has 0 rings (SSSR count). The van der Waals surface area contributed by atoms with Crippen LogP contribution in [0.15, 0.2) is 10.2 Å². The fraction of sp³-hybridized carbons (Fsp3) is 0. The molecule has 0 aromatic carbocycles. The summed E-state index contributed by atoms with van der Waals surface area (Å²) in [6.45, 7) is 0. The molecule has 0 aromatic rings. The fourth-order valence-corrected chi connectivity index (χ4v) is 0.244. The average molecular weight is 178 g/mol. The Bertz CT molecular complexity index is 66.2. The SMILES string of the molecule is C#C/C=C\I. The molecule has 0 saturated carbocycles. The normalized spacial score (nSPS) is 8.00. The second-order valence-corrected chi connectivity index (χ2v) is 1.18. The molecule has 0 aliphatic rings. The fourth-order valence-electron chi connectivity index (χ4n) is 0.0364. The highest BCUT2D eigenvalue weighted by atomic mass is 127. The van der Waals surface area contributed by atoms with E-state index in [0.29, 0.717) is 0 Å². The maximum atomic E-state index is 4.80. The predicted octanol–water partition coefficient (Wildman–Crippen LogP) is 1.57. The van der Waals surface area contributed by atoms with E-state index < -0.39 is 0 Å². The van der Waals surface area contributed by atoms with Gasteiger partial charge in [0.25, 0.3) is 0 Å². The first-order valence-corrected chi connectivity index (χ1v) is 2.37. The van der Waals surface area contributed by atoms with E-state index in [9.17, 15) is 0 Å². The standard InChI is InChI=1S/C4H3I/c1-2-3-4-5/h1,3-4H/b4-3-. The lowest BCUT2D eigenvalue weighted by atomic mass is 10.7. The van der Waals surface area contributed by atoms with Crippen molar-refractivity contribution in [3.63, 3.8) is 0 Å². The van der Waals surface area contributed by atoms with Crippen molar-refractivity contribution >= 4 is 22.6 Å². The van der Waals surface area contributed by atoms with Crippen LogP contribution >= 0.6 is 22.6 Å². The largest absolute Gasteiger partial charge is 0.115 e. The summed E-state index contributed by atoms with van der Waals surface area (Å²) >= 11 is 2.06. The second kappa shape index (κ2) is 4.03. The summed E-state index contributed by atoms with van der Waals surface area (Å²) in [5.74, 6) is 2.33. The summed E-state index contributed by atoms with van der Waals surface area (Å²) < 4.78 is 1.79. The maximum Gasteiger partial charge on any atom is -0.00608 e. The molecule has 1 heteroatoms. The van der Waals surface area contributed by atoms with Gasteiger partial charge in [0.1, 0.15) is 0 Å². The van der Waals surface area contributed by atoms with Crippen LogP contribution in [0, 0.1) is 12.3 Å². The van der Waals surface area contributed by atoms with Crippen LogP contribution in [0.4, 0.5) is 0 Å². The third-order valence-electron chi connectivity index (χ3n) is 0.159. The van der Waals surface area contributed by atoms with Gasteiger partial charge in [0, 0.05) is 0 Å². The zero-order chi connectivity index (χ0) is 4.12. The van der Waals surface area contributed by atoms with Crippen molar-refractivity contribution in [3.8, 4) is 12.3 Å². The summed E-state index contributed by atoms with van der Waals surface area (Å²) in [5.41, 5.74) is 0. The lowest BCUT2D eigenvalue weighted by Gasteiger charge is -1.49. The van der Waals surface area contributed by atoms with Gasteiger partial charge in [-0.15, -0.1) is 6.42 Å². The number of halogens is 1. The molecule has 0 N–H and O–H groups in total. The molecule has 0 saturated heterocycles. The minimum atomic E-state index is 1.64. The topological polar surface area (TPSA) is 0 Å². The van der Waals surface area contributed by atoms with Crippen molar-refractivity contribution < 1.29 is 0 Å². The van der Waals surface area contributed by atoms with Gasteiger partial charge in [-0.25, -0.2) is 0 Å². The van der Waals surface area contributed by atoms with Crippen LogP contribution in [0.1, 0.15) is 0 Å². The van der Waals surface area contributed by atoms with Gasteiger partial charge in [-0.2, -0.15) is 0 Å². The van der Waals surface area contributed by atoms with Gasteiger partial charge in [0.05, 0.1) is 0 Å². The Labute approximate surface area is 45.4 Å². The Hall–Kier alpha value is 0.0300. The van der Waals surface area contributed by atoms with E-state index in [2.05, 4.69) is 28.5 Å². The van der Waals surface area contributed by atoms with E-state index in [1.165, 1.54) is 0 Å². The Morgan fingerprint density at radius 1 is 1.80 bits per heavy atom. The Kier molecular flexibility index (Phi) is 4.05. The average Bonchev–Trinajstić information content (AvgIpc) is 1.41. The van der Waals surface area contributed by atoms with Crippen LogP contribution in [-0.4, -0.2) is 0 Å². The van der Waals surface area contributed by atoms with Crippen molar-refractivity contribution in [2.75, 3.05) is 0 Å². The molecule has 0 bridgehead atoms. The lowest BCUT2D eigenvalue weighted by Crippen LogP contribution is -1.30. The summed E-state index contributed by atoms with van der Waals surface area (Å²) in [7, 11) is 0. The molecule has 5 heavy (non-hydrogen) atoms. The zero-order valence-corrected chi connectivity index (χ0v) is 4.77. The highest BCUT2D eigenvalue weighted by Crippen LogP contribution is 1.78. The Morgan fingerprint density at radius 2 is 2.40 bits per heavy atom. The first kappa shape index (κ1) is 5.03. The van der Waals surface area contributed by atoms with Crippen LogP contribution in [0.3, 0.4) is 0 Å². The minimum absolute atomic E-state index is 1.64. The number of hydrogen-bond acceptors (Lipinski definition) is 0. The molecular weight excluding hydrogens is 175 g/mol. The predicted molar refractivity (Wildman–Crippen MR) is 32.0 cm³/mol. The van der Waals surface area contributed by atoms with Crippen LogP contribution in [0.25, 0.3) is 0 Å². The first-order valence-electron chi connectivity index (χ1n) is 1.13. The lowest BCUT2D eigenvalue weighted by molar-refractivity contribution is 2.32. The van der Waals surface area contributed by atoms with Crippen molar-refractivity contribution in [1.82, 2.24) is 0 Å². The number of rotatable bonds is 0. The Balaban J connectivity index is 3.04. The Morgan fingerprint density at radius 3 is 2.40 bits per heavy atom. The van der Waals surface area contributed by atoms with Crippen LogP contribution in [-0.2, 0) is 0 Å².